The van der Waals surface area contributed by atoms with Crippen molar-refractivity contribution in [3.8, 4) is 0 Å². The second-order valence-corrected chi connectivity index (χ2v) is 6.94. The molecule has 3 heteroatoms. The molecule has 0 aliphatic heterocycles. The molecule has 0 fully saturated rings. The SMILES string of the molecule is C=C[SiH]([SiH3])OC. The van der Waals surface area contributed by atoms with Crippen LogP contribution in [0.4, 0.5) is 0 Å². The highest BCUT2D eigenvalue weighted by atomic mass is 29.2. The van der Waals surface area contributed by atoms with Gasteiger partial charge in [0.15, 0.2) is 8.56 Å². The van der Waals surface area contributed by atoms with Crippen molar-refractivity contribution in [1.29, 1.82) is 0 Å². The molecule has 0 rings (SSSR count). The molecule has 0 N–H and O–H groups in total. The molecular formula is C3H10OSi2. The van der Waals surface area contributed by atoms with Crippen LogP contribution in [0.1, 0.15) is 0 Å². The van der Waals surface area contributed by atoms with E-state index >= 15 is 0 Å². The van der Waals surface area contributed by atoms with Gasteiger partial charge in [0.25, 0.3) is 0 Å². The maximum absolute atomic E-state index is 4.98. The first kappa shape index (κ1) is 6.13. The summed E-state index contributed by atoms with van der Waals surface area (Å²) in [6.07, 6.45) is 0. The molecule has 0 heterocycles. The summed E-state index contributed by atoms with van der Waals surface area (Å²) in [5.41, 5.74) is 1.95. The van der Waals surface area contributed by atoms with Crippen LogP contribution in [-0.4, -0.2) is 25.4 Å². The average molecular weight is 118 g/mol. The van der Waals surface area contributed by atoms with Crippen LogP contribution in [0.5, 0.6) is 0 Å². The largest absolute Gasteiger partial charge is 0.423 e. The predicted molar refractivity (Wildman–Crippen MR) is 34.3 cm³/mol. The minimum Gasteiger partial charge on any atom is -0.423 e. The van der Waals surface area contributed by atoms with Crippen LogP contribution in [0.3, 0.4) is 0 Å². The van der Waals surface area contributed by atoms with E-state index in [9.17, 15) is 0 Å². The zero-order valence-corrected chi connectivity index (χ0v) is 7.42. The Bertz CT molecular complexity index is 46.1. The van der Waals surface area contributed by atoms with Crippen molar-refractivity contribution in [2.45, 2.75) is 0 Å². The lowest BCUT2D eigenvalue weighted by molar-refractivity contribution is 0.443. The van der Waals surface area contributed by atoms with Gasteiger partial charge in [0, 0.05) is 16.9 Å². The Morgan fingerprint density at radius 3 is 2.50 bits per heavy atom. The van der Waals surface area contributed by atoms with Gasteiger partial charge < -0.3 is 4.43 Å². The summed E-state index contributed by atoms with van der Waals surface area (Å²) in [5.74, 6) is 0. The van der Waals surface area contributed by atoms with Gasteiger partial charge >= 0.3 is 0 Å². The van der Waals surface area contributed by atoms with Gasteiger partial charge in [-0.15, -0.1) is 6.58 Å². The normalized spacial score (nSPS) is 14.2. The second kappa shape index (κ2) is 3.33. The summed E-state index contributed by atoms with van der Waals surface area (Å²) in [4.78, 5) is 0. The molecule has 0 amide bonds. The molecule has 1 nitrogen and oxygen atoms in total. The van der Waals surface area contributed by atoms with Crippen molar-refractivity contribution in [2.75, 3.05) is 7.11 Å². The summed E-state index contributed by atoms with van der Waals surface area (Å²) in [6, 6.07) is 0. The van der Waals surface area contributed by atoms with Crippen LogP contribution in [0.2, 0.25) is 0 Å². The van der Waals surface area contributed by atoms with Crippen LogP contribution in [0, 0.1) is 0 Å². The maximum Gasteiger partial charge on any atom is 0.175 e. The smallest absolute Gasteiger partial charge is 0.175 e. The Morgan fingerprint density at radius 1 is 2.00 bits per heavy atom. The van der Waals surface area contributed by atoms with E-state index in [-0.39, 0.29) is 0 Å². The molecule has 0 aromatic rings. The van der Waals surface area contributed by atoms with Crippen LogP contribution in [-0.2, 0) is 4.43 Å². The fourth-order valence-corrected chi connectivity index (χ4v) is 0.289. The Balaban J connectivity index is 2.96. The lowest BCUT2D eigenvalue weighted by Gasteiger charge is -1.94. The minimum atomic E-state index is -0.758. The summed E-state index contributed by atoms with van der Waals surface area (Å²) in [6.45, 7) is 3.60. The topological polar surface area (TPSA) is 9.23 Å². The highest BCUT2D eigenvalue weighted by Crippen LogP contribution is 1.71. The van der Waals surface area contributed by atoms with E-state index in [0.29, 0.717) is 0 Å². The highest BCUT2D eigenvalue weighted by Gasteiger charge is 1.88. The molecule has 0 aromatic carbocycles. The summed E-state index contributed by atoms with van der Waals surface area (Å²) in [5, 5.41) is 0. The van der Waals surface area contributed by atoms with Crippen molar-refractivity contribution in [3.63, 3.8) is 0 Å². The molecule has 0 aliphatic rings. The molecule has 1 atom stereocenters. The monoisotopic (exact) mass is 118 g/mol. The molecule has 0 saturated heterocycles. The third-order valence-corrected chi connectivity index (χ3v) is 4.94. The lowest BCUT2D eigenvalue weighted by atomic mass is 11.3. The van der Waals surface area contributed by atoms with Crippen LogP contribution < -0.4 is 0 Å². The molecule has 0 bridgehead atoms. The van der Waals surface area contributed by atoms with Crippen molar-refractivity contribution in [3.05, 3.63) is 12.3 Å². The lowest BCUT2D eigenvalue weighted by Crippen LogP contribution is -2.11. The Kier molecular flexibility index (Phi) is 3.40. The van der Waals surface area contributed by atoms with Gasteiger partial charge in [-0.3, -0.25) is 0 Å². The maximum atomic E-state index is 4.98. The van der Waals surface area contributed by atoms with Crippen molar-refractivity contribution in [1.82, 2.24) is 0 Å². The Labute approximate surface area is 43.0 Å². The molecular weight excluding hydrogens is 108 g/mol. The summed E-state index contributed by atoms with van der Waals surface area (Å²) < 4.78 is 4.98. The fourth-order valence-electron chi connectivity index (χ4n) is 0.0962. The molecule has 0 aliphatic carbocycles. The Hall–Kier alpha value is 0.134. The highest BCUT2D eigenvalue weighted by molar-refractivity contribution is 7.02. The van der Waals surface area contributed by atoms with Gasteiger partial charge in [0.2, 0.25) is 0 Å². The summed E-state index contributed by atoms with van der Waals surface area (Å²) in [7, 11) is 2.19. The van der Waals surface area contributed by atoms with E-state index < -0.39 is 8.56 Å². The molecule has 0 aromatic heterocycles. The molecule has 0 radical (unpaired) electrons. The molecule has 1 unspecified atom stereocenters. The minimum absolute atomic E-state index is 0.758. The third kappa shape index (κ3) is 2.38. The molecule has 36 valence electrons. The standard InChI is InChI=1S/C3H10OSi2/c1-3-6(5)4-2/h3,6H,1H2,2,5H3. The number of hydrogen-bond acceptors (Lipinski definition) is 1. The first-order valence-corrected chi connectivity index (χ1v) is 7.72. The van der Waals surface area contributed by atoms with E-state index in [1.807, 2.05) is 5.70 Å². The van der Waals surface area contributed by atoms with Gasteiger partial charge in [0.05, 0.1) is 0 Å². The van der Waals surface area contributed by atoms with E-state index in [1.165, 1.54) is 9.76 Å². The zero-order chi connectivity index (χ0) is 4.99. The van der Waals surface area contributed by atoms with Gasteiger partial charge in [-0.2, -0.15) is 0 Å². The van der Waals surface area contributed by atoms with Crippen molar-refractivity contribution >= 4 is 18.3 Å². The first-order valence-electron chi connectivity index (χ1n) is 1.96. The van der Waals surface area contributed by atoms with E-state index in [4.69, 9.17) is 4.43 Å². The van der Waals surface area contributed by atoms with Crippen LogP contribution in [0.25, 0.3) is 0 Å². The average Bonchev–Trinajstić information content (AvgIpc) is 1.65. The quantitative estimate of drug-likeness (QED) is 0.420. The van der Waals surface area contributed by atoms with Gasteiger partial charge in [-0.05, 0) is 0 Å². The number of rotatable bonds is 2. The zero-order valence-electron chi connectivity index (χ0n) is 4.27. The number of hydrogen-bond donors (Lipinski definition) is 0. The molecule has 0 spiro atoms. The van der Waals surface area contributed by atoms with E-state index in [0.717, 1.165) is 0 Å². The van der Waals surface area contributed by atoms with Gasteiger partial charge in [-0.25, -0.2) is 0 Å². The molecule has 0 saturated carbocycles. The van der Waals surface area contributed by atoms with Gasteiger partial charge in [0.1, 0.15) is 0 Å². The van der Waals surface area contributed by atoms with E-state index in [2.05, 4.69) is 6.58 Å². The predicted octanol–water partition coefficient (Wildman–Crippen LogP) is -1.06. The van der Waals surface area contributed by atoms with Gasteiger partial charge in [-0.1, -0.05) is 5.70 Å². The van der Waals surface area contributed by atoms with Crippen LogP contribution >= 0.6 is 0 Å². The Morgan fingerprint density at radius 2 is 2.50 bits per heavy atom. The van der Waals surface area contributed by atoms with Crippen molar-refractivity contribution < 1.29 is 4.43 Å². The van der Waals surface area contributed by atoms with Crippen LogP contribution in [0.15, 0.2) is 12.3 Å². The van der Waals surface area contributed by atoms with Crippen molar-refractivity contribution in [2.24, 2.45) is 0 Å². The third-order valence-electron chi connectivity index (χ3n) is 0.704. The second-order valence-electron chi connectivity index (χ2n) is 1.18. The fraction of sp³-hybridized carbons (Fsp3) is 0.333. The van der Waals surface area contributed by atoms with E-state index in [1.54, 1.807) is 7.11 Å². The molecule has 6 heavy (non-hydrogen) atoms. The summed E-state index contributed by atoms with van der Waals surface area (Å²) >= 11 is 0. The first-order chi connectivity index (χ1) is 2.81.